The molecule has 0 bridgehead atoms. The van der Waals surface area contributed by atoms with E-state index in [9.17, 15) is 4.79 Å². The Labute approximate surface area is 711 Å². The van der Waals surface area contributed by atoms with Gasteiger partial charge in [-0.1, -0.05) is 435 Å². The summed E-state index contributed by atoms with van der Waals surface area (Å²) in [6.07, 6.45) is 3.05. The maximum atomic E-state index is 11.5. The first-order valence-corrected chi connectivity index (χ1v) is 42.1. The summed E-state index contributed by atoms with van der Waals surface area (Å²) in [6.45, 7) is 12.7. The molecule has 2 aliphatic rings. The highest BCUT2D eigenvalue weighted by atomic mass is 16.1. The van der Waals surface area contributed by atoms with E-state index in [0.29, 0.717) is 6.42 Å². The molecule has 0 saturated carbocycles. The Kier molecular flexibility index (Phi) is 25.3. The van der Waals surface area contributed by atoms with E-state index in [1.807, 2.05) is 42.5 Å². The summed E-state index contributed by atoms with van der Waals surface area (Å²) in [7, 11) is 0. The van der Waals surface area contributed by atoms with Gasteiger partial charge in [-0.25, -0.2) is 0 Å². The van der Waals surface area contributed by atoms with Gasteiger partial charge in [0.2, 0.25) is 0 Å². The lowest BCUT2D eigenvalue weighted by Gasteiger charge is -2.09. The predicted molar refractivity (Wildman–Crippen MR) is 527 cm³/mol. The highest BCUT2D eigenvalue weighted by Gasteiger charge is 2.21. The number of benzene rings is 23. The monoisotopic (exact) mass is 1550 g/mol. The molecule has 0 saturated heterocycles. The number of Topliss-reactive ketones (excluding diaryl/α,β-unsaturated/α-hetero) is 1. The number of ketones is 1. The van der Waals surface area contributed by atoms with Crippen LogP contribution in [0.25, 0.3) is 140 Å². The molecule has 0 N–H and O–H groups in total. The van der Waals surface area contributed by atoms with E-state index in [4.69, 9.17) is 0 Å². The zero-order valence-electron chi connectivity index (χ0n) is 69.8. The minimum absolute atomic E-state index is 0.256. The second-order valence-electron chi connectivity index (χ2n) is 31.7. The Balaban J connectivity index is 0.000000101. The molecule has 0 aromatic heterocycles. The smallest absolute Gasteiger partial charge is 0.167 e. The van der Waals surface area contributed by atoms with Crippen LogP contribution in [0, 0.1) is 41.5 Å². The number of aryl methyl sites for hydroxylation is 8. The molecule has 0 fully saturated rings. The maximum Gasteiger partial charge on any atom is 0.167 e. The fraction of sp³-hybridized carbons (Fsp3) is 0.0750. The van der Waals surface area contributed by atoms with Gasteiger partial charge in [0.25, 0.3) is 0 Å². The lowest BCUT2D eigenvalue weighted by molar-refractivity contribution is 0.0999. The van der Waals surface area contributed by atoms with Gasteiger partial charge in [-0.15, -0.1) is 0 Å². The molecule has 1 nitrogen and oxygen atoms in total. The van der Waals surface area contributed by atoms with Gasteiger partial charge < -0.3 is 0 Å². The van der Waals surface area contributed by atoms with Gasteiger partial charge in [0.05, 0.1) is 0 Å². The largest absolute Gasteiger partial charge is 0.294 e. The van der Waals surface area contributed by atoms with Crippen LogP contribution in [0.5, 0.6) is 0 Å². The molecule has 0 unspecified atom stereocenters. The van der Waals surface area contributed by atoms with Gasteiger partial charge in [0.1, 0.15) is 0 Å². The Bertz CT molecular complexity index is 6940. The first-order chi connectivity index (χ1) is 59.4. The molecule has 1 heteroatoms. The van der Waals surface area contributed by atoms with Gasteiger partial charge in [-0.3, -0.25) is 4.79 Å². The Morgan fingerprint density at radius 3 is 0.777 bits per heavy atom. The predicted octanol–water partition coefficient (Wildman–Crippen LogP) is 33.0. The van der Waals surface area contributed by atoms with Crippen molar-refractivity contribution in [2.24, 2.45) is 0 Å². The lowest BCUT2D eigenvalue weighted by atomic mass is 9.95. The summed E-state index contributed by atoms with van der Waals surface area (Å²) < 4.78 is 0. The van der Waals surface area contributed by atoms with E-state index in [2.05, 4.69) is 448 Å². The first kappa shape index (κ1) is 80.2. The molecule has 23 aromatic carbocycles. The second kappa shape index (κ2) is 38.2. The molecule has 0 amide bonds. The Hall–Kier alpha value is -14.6. The topological polar surface area (TPSA) is 17.1 Å². The van der Waals surface area contributed by atoms with Gasteiger partial charge in [0, 0.05) is 12.0 Å². The summed E-state index contributed by atoms with van der Waals surface area (Å²) in [4.78, 5) is 11.5. The van der Waals surface area contributed by atoms with Gasteiger partial charge in [0.15, 0.2) is 5.78 Å². The van der Waals surface area contributed by atoms with Crippen LogP contribution < -0.4 is 0 Å². The lowest BCUT2D eigenvalue weighted by Crippen LogP contribution is -1.92. The van der Waals surface area contributed by atoms with Crippen LogP contribution in [0.4, 0.5) is 0 Å². The van der Waals surface area contributed by atoms with Crippen LogP contribution >= 0.6 is 0 Å². The number of rotatable bonds is 0. The van der Waals surface area contributed by atoms with Crippen molar-refractivity contribution in [2.75, 3.05) is 0 Å². The molecule has 2 aliphatic carbocycles. The summed E-state index contributed by atoms with van der Waals surface area (Å²) >= 11 is 0. The van der Waals surface area contributed by atoms with Crippen LogP contribution in [-0.2, 0) is 19.3 Å². The summed E-state index contributed by atoms with van der Waals surface area (Å²) in [5.41, 5.74) is 13.2. The van der Waals surface area contributed by atoms with Crippen LogP contribution in [-0.4, -0.2) is 5.78 Å². The summed E-state index contributed by atoms with van der Waals surface area (Å²) in [5.74, 6) is 0.256. The molecule has 0 atom stereocenters. The van der Waals surface area contributed by atoms with Crippen molar-refractivity contribution >= 4 is 146 Å². The van der Waals surface area contributed by atoms with Crippen molar-refractivity contribution in [1.82, 2.24) is 0 Å². The van der Waals surface area contributed by atoms with Crippen LogP contribution in [0.15, 0.2) is 449 Å². The minimum Gasteiger partial charge on any atom is -0.294 e. The van der Waals surface area contributed by atoms with Crippen LogP contribution in [0.1, 0.15) is 60.4 Å². The van der Waals surface area contributed by atoms with Crippen molar-refractivity contribution in [1.29, 1.82) is 0 Å². The third kappa shape index (κ3) is 19.5. The normalized spacial score (nSPS) is 11.3. The summed E-state index contributed by atoms with van der Waals surface area (Å²) in [5, 5.41) is 34.4. The molecule has 23 aromatic rings. The average Bonchev–Trinajstić information content (AvgIpc) is 1.44. The van der Waals surface area contributed by atoms with Crippen molar-refractivity contribution in [2.45, 2.75) is 60.8 Å². The number of fused-ring (bicyclic) bond motifs is 9. The van der Waals surface area contributed by atoms with Crippen molar-refractivity contribution in [3.63, 3.8) is 0 Å². The number of hydrogen-bond donors (Lipinski definition) is 0. The van der Waals surface area contributed by atoms with Crippen molar-refractivity contribution in [3.8, 4) is 0 Å². The first-order valence-electron chi connectivity index (χ1n) is 42.1. The molecule has 584 valence electrons. The van der Waals surface area contributed by atoms with Crippen molar-refractivity contribution in [3.05, 3.63) is 505 Å². The zero-order chi connectivity index (χ0) is 82.8. The van der Waals surface area contributed by atoms with Gasteiger partial charge >= 0.3 is 0 Å². The fourth-order valence-corrected chi connectivity index (χ4v) is 16.6. The molecular weight excluding hydrogens is 1460 g/mol. The van der Waals surface area contributed by atoms with Gasteiger partial charge in [-0.2, -0.15) is 0 Å². The highest BCUT2D eigenvalue weighted by molar-refractivity contribution is 6.23. The van der Waals surface area contributed by atoms with Crippen LogP contribution in [0.2, 0.25) is 0 Å². The number of carbonyl (C=O) groups is 1. The van der Waals surface area contributed by atoms with Crippen LogP contribution in [0.3, 0.4) is 0 Å². The highest BCUT2D eigenvalue weighted by Crippen LogP contribution is 2.36. The molecule has 0 aliphatic heterocycles. The fourth-order valence-electron chi connectivity index (χ4n) is 16.6. The standard InChI is InChI=1S/C18H12.C16H10.2C14H10.C12H8O.C12H10.C10H8.C9H12.C8H10.C7H8/c1-2-6-14-10-18-12-16-8-4-3-7-15(16)11-17(18)9-13(14)5-1;1-3-11-7-9-13-5-2-6-14-10-8-12(4-1)15(11)16(13)14;1-3-7-13-11(5-1)9-10-12-6-2-4-8-14(12)13;1-2-6-12-10-14-8-4-3-7-13(14)9-11(12)5-1;13-11-7-9-5-1-3-8-4-2-6-10(11)12(8)9;1-3-9-4-2-6-11-8-7-10(5-1)12(9)11;1-2-6-10-8-4-3-7-9(10)5-1;1-7-4-5-8(2)9(3)6-7;1-7-3-5-8(2)6-4-7;1-7-5-3-2-4-6-7/h1-12H;1-10H;2*1-10H;1-6H,7H2;1-6H,7-8H2;1-8H;4-6H,1-3H3;3-6H,1-2H3;2-6H,1H3. The molecule has 25 rings (SSSR count). The van der Waals surface area contributed by atoms with E-state index in [1.54, 1.807) is 0 Å². The van der Waals surface area contributed by atoms with Gasteiger partial charge in [-0.05, 0) is 259 Å². The summed E-state index contributed by atoms with van der Waals surface area (Å²) in [6, 6.07) is 158. The minimum atomic E-state index is 0.256. The Morgan fingerprint density at radius 1 is 0.165 bits per heavy atom. The van der Waals surface area contributed by atoms with E-state index in [1.165, 1.54) is 198 Å². The SMILES string of the molecule is Cc1ccc(C)c(C)c1.Cc1ccc(C)cc1.Cc1ccccc1.O=C1Cc2cccc3cccc1c23.c1cc2c3c(cccc3c1)CC2.c1cc2ccc3cccc4ccc(c1)c2c34.c1ccc2c(c1)ccc1ccccc12.c1ccc2cc3cc4ccccc4cc3cc2c1.c1ccc2cc3ccccc3cc2c1.c1ccc2ccccc2c1. The molecule has 0 radical (unpaired) electrons. The van der Waals surface area contributed by atoms with E-state index >= 15 is 0 Å². The quantitative estimate of drug-likeness (QED) is 0.109. The molecule has 121 heavy (non-hydrogen) atoms. The number of hydrogen-bond acceptors (Lipinski definition) is 1. The van der Waals surface area contributed by atoms with Crippen molar-refractivity contribution < 1.29 is 4.79 Å². The second-order valence-corrected chi connectivity index (χ2v) is 31.7. The van der Waals surface area contributed by atoms with E-state index < -0.39 is 0 Å². The van der Waals surface area contributed by atoms with E-state index in [0.717, 1.165) is 10.9 Å². The average molecular weight is 1560 g/mol. The molecule has 0 heterocycles. The molecular formula is C120H98O. The molecule has 0 spiro atoms. The zero-order valence-corrected chi connectivity index (χ0v) is 69.8. The third-order valence-corrected chi connectivity index (χ3v) is 23.1. The third-order valence-electron chi connectivity index (χ3n) is 23.1. The maximum absolute atomic E-state index is 11.5. The van der Waals surface area contributed by atoms with E-state index in [-0.39, 0.29) is 5.78 Å². The Morgan fingerprint density at radius 2 is 0.430 bits per heavy atom. The number of carbonyl (C=O) groups excluding carboxylic acids is 1.